The zero-order chi connectivity index (χ0) is 8.20. The van der Waals surface area contributed by atoms with Gasteiger partial charge in [0.05, 0.1) is 0 Å². The van der Waals surface area contributed by atoms with Crippen LogP contribution in [-0.2, 0) is 0 Å². The van der Waals surface area contributed by atoms with Crippen molar-refractivity contribution in [1.29, 1.82) is 0 Å². The van der Waals surface area contributed by atoms with Crippen LogP contribution in [0.15, 0.2) is 0 Å². The van der Waals surface area contributed by atoms with Gasteiger partial charge in [-0.05, 0) is 11.8 Å². The molecule has 0 amide bonds. The van der Waals surface area contributed by atoms with Gasteiger partial charge >= 0.3 is 0 Å². The van der Waals surface area contributed by atoms with E-state index in [1.165, 1.54) is 19.3 Å². The molecule has 0 aliphatic carbocycles. The van der Waals surface area contributed by atoms with Crippen LogP contribution in [0.1, 0.15) is 47.0 Å². The summed E-state index contributed by atoms with van der Waals surface area (Å²) in [6.45, 7) is 8.81. The lowest BCUT2D eigenvalue weighted by molar-refractivity contribution is 0.300. The molecule has 0 aromatic heterocycles. The predicted octanol–water partition coefficient (Wildman–Crippen LogP) is 2.55. The van der Waals surface area contributed by atoms with Crippen molar-refractivity contribution >= 4 is 0 Å². The van der Waals surface area contributed by atoms with Gasteiger partial charge in [-0.2, -0.15) is 0 Å². The molecule has 62 valence electrons. The molecule has 0 bridgehead atoms. The first kappa shape index (κ1) is 9.96. The molecule has 0 saturated carbocycles. The minimum absolute atomic E-state index is 0.287. The van der Waals surface area contributed by atoms with Crippen LogP contribution in [0.4, 0.5) is 0 Å². The zero-order valence-electron chi connectivity index (χ0n) is 7.78. The molecule has 0 radical (unpaired) electrons. The molecule has 0 rings (SSSR count). The van der Waals surface area contributed by atoms with Gasteiger partial charge in [0, 0.05) is 6.04 Å². The van der Waals surface area contributed by atoms with Crippen molar-refractivity contribution in [2.75, 3.05) is 0 Å². The first-order chi connectivity index (χ1) is 4.48. The number of hydrogen-bond acceptors (Lipinski definition) is 1. The van der Waals surface area contributed by atoms with Crippen LogP contribution in [0, 0.1) is 5.41 Å². The highest BCUT2D eigenvalue weighted by atomic mass is 14.7. The van der Waals surface area contributed by atoms with Crippen molar-refractivity contribution in [3.8, 4) is 0 Å². The van der Waals surface area contributed by atoms with Gasteiger partial charge in [-0.25, -0.2) is 0 Å². The Morgan fingerprint density at radius 2 is 1.80 bits per heavy atom. The molecule has 1 unspecified atom stereocenters. The maximum absolute atomic E-state index is 5.94. The van der Waals surface area contributed by atoms with E-state index in [9.17, 15) is 0 Å². The highest BCUT2D eigenvalue weighted by Gasteiger charge is 2.19. The molecule has 0 aliphatic heterocycles. The van der Waals surface area contributed by atoms with Crippen LogP contribution in [0.25, 0.3) is 0 Å². The van der Waals surface area contributed by atoms with E-state index < -0.39 is 0 Å². The van der Waals surface area contributed by atoms with Gasteiger partial charge in [-0.1, -0.05) is 40.5 Å². The number of unbranched alkanes of at least 4 members (excludes halogenated alkanes) is 1. The highest BCUT2D eigenvalue weighted by Crippen LogP contribution is 2.20. The second-order valence-corrected chi connectivity index (χ2v) is 4.11. The Labute approximate surface area is 65.0 Å². The van der Waals surface area contributed by atoms with Gasteiger partial charge < -0.3 is 5.73 Å². The van der Waals surface area contributed by atoms with Gasteiger partial charge in [-0.3, -0.25) is 0 Å². The Hall–Kier alpha value is -0.0400. The van der Waals surface area contributed by atoms with Crippen molar-refractivity contribution in [3.63, 3.8) is 0 Å². The molecule has 0 saturated heterocycles. The number of hydrogen-bond donors (Lipinski definition) is 1. The smallest absolute Gasteiger partial charge is 0.00876 e. The first-order valence-electron chi connectivity index (χ1n) is 4.24. The maximum Gasteiger partial charge on any atom is 0.00876 e. The molecule has 0 aromatic rings. The summed E-state index contributed by atoms with van der Waals surface area (Å²) in [6, 6.07) is 0.368. The maximum atomic E-state index is 5.94. The monoisotopic (exact) mass is 143 g/mol. The standard InChI is InChI=1S/C9H21N/c1-5-6-7-8(10)9(2,3)4/h8H,5-7,10H2,1-4H3. The summed E-state index contributed by atoms with van der Waals surface area (Å²) < 4.78 is 0. The zero-order valence-corrected chi connectivity index (χ0v) is 7.78. The highest BCUT2D eigenvalue weighted by molar-refractivity contribution is 4.76. The van der Waals surface area contributed by atoms with Crippen molar-refractivity contribution < 1.29 is 0 Å². The second kappa shape index (κ2) is 3.97. The third kappa shape index (κ3) is 3.89. The Bertz CT molecular complexity index is 81.2. The summed E-state index contributed by atoms with van der Waals surface area (Å²) in [6.07, 6.45) is 3.68. The number of rotatable bonds is 3. The summed E-state index contributed by atoms with van der Waals surface area (Å²) in [5.41, 5.74) is 6.22. The van der Waals surface area contributed by atoms with Crippen LogP contribution in [0.2, 0.25) is 0 Å². The third-order valence-corrected chi connectivity index (χ3v) is 1.98. The van der Waals surface area contributed by atoms with Crippen LogP contribution in [-0.4, -0.2) is 6.04 Å². The second-order valence-electron chi connectivity index (χ2n) is 4.11. The first-order valence-corrected chi connectivity index (χ1v) is 4.24. The van der Waals surface area contributed by atoms with Gasteiger partial charge in [0.2, 0.25) is 0 Å². The summed E-state index contributed by atoms with van der Waals surface area (Å²) in [4.78, 5) is 0. The van der Waals surface area contributed by atoms with Crippen molar-refractivity contribution in [3.05, 3.63) is 0 Å². The van der Waals surface area contributed by atoms with Crippen LogP contribution < -0.4 is 5.73 Å². The average Bonchev–Trinajstić information content (AvgIpc) is 1.80. The Balaban J connectivity index is 3.52. The topological polar surface area (TPSA) is 26.0 Å². The van der Waals surface area contributed by atoms with Gasteiger partial charge in [0.25, 0.3) is 0 Å². The molecular formula is C9H21N. The molecular weight excluding hydrogens is 122 g/mol. The Morgan fingerprint density at radius 3 is 2.10 bits per heavy atom. The van der Waals surface area contributed by atoms with E-state index in [1.54, 1.807) is 0 Å². The van der Waals surface area contributed by atoms with Crippen LogP contribution in [0.3, 0.4) is 0 Å². The van der Waals surface area contributed by atoms with Gasteiger partial charge in [0.1, 0.15) is 0 Å². The lowest BCUT2D eigenvalue weighted by Crippen LogP contribution is -2.34. The third-order valence-electron chi connectivity index (χ3n) is 1.98. The lowest BCUT2D eigenvalue weighted by Gasteiger charge is -2.26. The van der Waals surface area contributed by atoms with E-state index in [2.05, 4.69) is 27.7 Å². The van der Waals surface area contributed by atoms with Crippen molar-refractivity contribution in [1.82, 2.24) is 0 Å². The molecule has 1 heteroatoms. The molecule has 0 heterocycles. The van der Waals surface area contributed by atoms with Crippen LogP contribution >= 0.6 is 0 Å². The van der Waals surface area contributed by atoms with E-state index in [0.717, 1.165) is 0 Å². The largest absolute Gasteiger partial charge is 0.327 e. The van der Waals surface area contributed by atoms with Crippen molar-refractivity contribution in [2.45, 2.75) is 53.0 Å². The average molecular weight is 143 g/mol. The molecule has 1 nitrogen and oxygen atoms in total. The fourth-order valence-corrected chi connectivity index (χ4v) is 0.857. The minimum atomic E-state index is 0.287. The molecule has 0 spiro atoms. The van der Waals surface area contributed by atoms with Crippen LogP contribution in [0.5, 0.6) is 0 Å². The molecule has 10 heavy (non-hydrogen) atoms. The molecule has 2 N–H and O–H groups in total. The van der Waals surface area contributed by atoms with E-state index >= 15 is 0 Å². The summed E-state index contributed by atoms with van der Waals surface area (Å²) >= 11 is 0. The van der Waals surface area contributed by atoms with E-state index in [0.29, 0.717) is 6.04 Å². The molecule has 0 fully saturated rings. The SMILES string of the molecule is CCCCC(N)C(C)(C)C. The summed E-state index contributed by atoms with van der Waals surface area (Å²) in [5.74, 6) is 0. The quantitative estimate of drug-likeness (QED) is 0.645. The van der Waals surface area contributed by atoms with E-state index in [-0.39, 0.29) is 5.41 Å². The van der Waals surface area contributed by atoms with Gasteiger partial charge in [0.15, 0.2) is 0 Å². The fraction of sp³-hybridized carbons (Fsp3) is 1.00. The molecule has 0 aromatic carbocycles. The molecule has 0 aliphatic rings. The van der Waals surface area contributed by atoms with Crippen molar-refractivity contribution in [2.24, 2.45) is 11.1 Å². The number of nitrogens with two attached hydrogens (primary N) is 1. The van der Waals surface area contributed by atoms with E-state index in [4.69, 9.17) is 5.73 Å². The van der Waals surface area contributed by atoms with Gasteiger partial charge in [-0.15, -0.1) is 0 Å². The lowest BCUT2D eigenvalue weighted by atomic mass is 9.84. The molecule has 1 atom stereocenters. The summed E-state index contributed by atoms with van der Waals surface area (Å²) in [5, 5.41) is 0. The predicted molar refractivity (Wildman–Crippen MR) is 47.0 cm³/mol. The van der Waals surface area contributed by atoms with E-state index in [1.807, 2.05) is 0 Å². The fourth-order valence-electron chi connectivity index (χ4n) is 0.857. The summed E-state index contributed by atoms with van der Waals surface area (Å²) in [7, 11) is 0. The normalized spacial score (nSPS) is 15.3. The Kier molecular flexibility index (Phi) is 3.95. The minimum Gasteiger partial charge on any atom is -0.327 e. The Morgan fingerprint density at radius 1 is 1.30 bits per heavy atom.